The molecule has 1 aliphatic heterocycles. The fraction of sp³-hybridized carbons (Fsp3) is 0.647. The van der Waals surface area contributed by atoms with E-state index in [1.807, 2.05) is 18.2 Å². The molecule has 1 atom stereocenters. The first-order valence-corrected chi connectivity index (χ1v) is 7.95. The lowest BCUT2D eigenvalue weighted by Crippen LogP contribution is -2.16. The number of hydrogen-bond donors (Lipinski definition) is 1. The third-order valence-corrected chi connectivity index (χ3v) is 3.73. The number of rotatable bonds is 9. The molecule has 4 heteroatoms. The Morgan fingerprint density at radius 3 is 3.00 bits per heavy atom. The predicted octanol–water partition coefficient (Wildman–Crippen LogP) is 3.14. The third-order valence-electron chi connectivity index (χ3n) is 3.73. The van der Waals surface area contributed by atoms with Gasteiger partial charge in [0.2, 0.25) is 0 Å². The fourth-order valence-corrected chi connectivity index (χ4v) is 2.53. The highest BCUT2D eigenvalue weighted by atomic mass is 16.5. The van der Waals surface area contributed by atoms with Crippen LogP contribution in [0.15, 0.2) is 18.2 Å². The SMILES string of the molecule is CCCNCc1cc(OC)ccc1OCCC1CCCO1. The molecule has 21 heavy (non-hydrogen) atoms. The molecule has 1 aromatic carbocycles. The van der Waals surface area contributed by atoms with Crippen molar-refractivity contribution < 1.29 is 14.2 Å². The molecule has 1 N–H and O–H groups in total. The van der Waals surface area contributed by atoms with Crippen LogP contribution in [0.1, 0.15) is 38.2 Å². The zero-order valence-corrected chi connectivity index (χ0v) is 13.2. The minimum atomic E-state index is 0.380. The van der Waals surface area contributed by atoms with Crippen LogP contribution in [0.4, 0.5) is 0 Å². The molecule has 0 bridgehead atoms. The fourth-order valence-electron chi connectivity index (χ4n) is 2.53. The van der Waals surface area contributed by atoms with Crippen molar-refractivity contribution in [2.75, 3.05) is 26.9 Å². The van der Waals surface area contributed by atoms with Gasteiger partial charge in [0.15, 0.2) is 0 Å². The van der Waals surface area contributed by atoms with Crippen molar-refractivity contribution in [3.8, 4) is 11.5 Å². The monoisotopic (exact) mass is 293 g/mol. The molecule has 1 aromatic rings. The van der Waals surface area contributed by atoms with Crippen LogP contribution < -0.4 is 14.8 Å². The summed E-state index contributed by atoms with van der Waals surface area (Å²) in [7, 11) is 1.69. The smallest absolute Gasteiger partial charge is 0.124 e. The Balaban J connectivity index is 1.88. The molecule has 0 aliphatic carbocycles. The first-order chi connectivity index (χ1) is 10.3. The van der Waals surface area contributed by atoms with E-state index in [1.165, 1.54) is 6.42 Å². The molecular weight excluding hydrogens is 266 g/mol. The van der Waals surface area contributed by atoms with E-state index in [4.69, 9.17) is 14.2 Å². The minimum absolute atomic E-state index is 0.380. The number of nitrogens with one attached hydrogen (secondary N) is 1. The lowest BCUT2D eigenvalue weighted by Gasteiger charge is -2.15. The average molecular weight is 293 g/mol. The van der Waals surface area contributed by atoms with Crippen molar-refractivity contribution in [3.63, 3.8) is 0 Å². The van der Waals surface area contributed by atoms with Gasteiger partial charge < -0.3 is 19.5 Å². The lowest BCUT2D eigenvalue weighted by atomic mass is 10.1. The molecule has 1 heterocycles. The zero-order valence-electron chi connectivity index (χ0n) is 13.2. The summed E-state index contributed by atoms with van der Waals surface area (Å²) in [4.78, 5) is 0. The summed E-state index contributed by atoms with van der Waals surface area (Å²) >= 11 is 0. The van der Waals surface area contributed by atoms with Gasteiger partial charge in [0.05, 0.1) is 19.8 Å². The number of benzene rings is 1. The Kier molecular flexibility index (Phi) is 6.83. The maximum Gasteiger partial charge on any atom is 0.124 e. The van der Waals surface area contributed by atoms with Crippen LogP contribution in [0.3, 0.4) is 0 Å². The van der Waals surface area contributed by atoms with Gasteiger partial charge in [-0.05, 0) is 44.0 Å². The summed E-state index contributed by atoms with van der Waals surface area (Å²) < 4.78 is 16.9. The van der Waals surface area contributed by atoms with Crippen molar-refractivity contribution in [2.45, 2.75) is 45.3 Å². The van der Waals surface area contributed by atoms with Crippen molar-refractivity contribution in [2.24, 2.45) is 0 Å². The second-order valence-electron chi connectivity index (χ2n) is 5.42. The van der Waals surface area contributed by atoms with Gasteiger partial charge in [0, 0.05) is 25.1 Å². The molecular formula is C17H27NO3. The average Bonchev–Trinajstić information content (AvgIpc) is 3.02. The lowest BCUT2D eigenvalue weighted by molar-refractivity contribution is 0.0902. The van der Waals surface area contributed by atoms with Crippen LogP contribution in [0.5, 0.6) is 11.5 Å². The van der Waals surface area contributed by atoms with Crippen molar-refractivity contribution in [3.05, 3.63) is 23.8 Å². The summed E-state index contributed by atoms with van der Waals surface area (Å²) in [5, 5.41) is 3.41. The topological polar surface area (TPSA) is 39.7 Å². The minimum Gasteiger partial charge on any atom is -0.497 e. The summed E-state index contributed by atoms with van der Waals surface area (Å²) in [5.41, 5.74) is 1.15. The quantitative estimate of drug-likeness (QED) is 0.710. The Morgan fingerprint density at radius 1 is 1.38 bits per heavy atom. The van der Waals surface area contributed by atoms with Crippen LogP contribution in [0, 0.1) is 0 Å². The standard InChI is InChI=1S/C17H27NO3/c1-3-9-18-13-14-12-16(19-2)6-7-17(14)21-11-8-15-5-4-10-20-15/h6-7,12,15,18H,3-5,8-11,13H2,1-2H3. The van der Waals surface area contributed by atoms with Crippen LogP contribution >= 0.6 is 0 Å². The first-order valence-electron chi connectivity index (χ1n) is 7.95. The van der Waals surface area contributed by atoms with Gasteiger partial charge in [0.25, 0.3) is 0 Å². The molecule has 2 rings (SSSR count). The van der Waals surface area contributed by atoms with Crippen LogP contribution in [-0.2, 0) is 11.3 Å². The van der Waals surface area contributed by atoms with Crippen molar-refractivity contribution in [1.82, 2.24) is 5.32 Å². The Hall–Kier alpha value is -1.26. The molecule has 1 aliphatic rings. The van der Waals surface area contributed by atoms with Crippen LogP contribution in [0.2, 0.25) is 0 Å². The highest BCUT2D eigenvalue weighted by Crippen LogP contribution is 2.25. The van der Waals surface area contributed by atoms with Gasteiger partial charge in [0.1, 0.15) is 11.5 Å². The van der Waals surface area contributed by atoms with Gasteiger partial charge in [-0.15, -0.1) is 0 Å². The van der Waals surface area contributed by atoms with Gasteiger partial charge >= 0.3 is 0 Å². The van der Waals surface area contributed by atoms with Gasteiger partial charge in [-0.2, -0.15) is 0 Å². The van der Waals surface area contributed by atoms with E-state index in [1.54, 1.807) is 7.11 Å². The molecule has 0 aromatic heterocycles. The summed E-state index contributed by atoms with van der Waals surface area (Å²) in [5.74, 6) is 1.81. The summed E-state index contributed by atoms with van der Waals surface area (Å²) in [6.45, 7) is 5.58. The second-order valence-corrected chi connectivity index (χ2v) is 5.42. The Bertz CT molecular complexity index is 416. The van der Waals surface area contributed by atoms with Crippen molar-refractivity contribution in [1.29, 1.82) is 0 Å². The summed E-state index contributed by atoms with van der Waals surface area (Å²) in [6.07, 6.45) is 4.81. The maximum absolute atomic E-state index is 5.95. The van der Waals surface area contributed by atoms with Gasteiger partial charge in [-0.25, -0.2) is 0 Å². The molecule has 0 saturated carbocycles. The van der Waals surface area contributed by atoms with E-state index in [0.29, 0.717) is 12.7 Å². The molecule has 1 unspecified atom stereocenters. The molecule has 0 amide bonds. The second kappa shape index (κ2) is 8.90. The summed E-state index contributed by atoms with van der Waals surface area (Å²) in [6, 6.07) is 5.99. The van der Waals surface area contributed by atoms with E-state index in [0.717, 1.165) is 56.0 Å². The Morgan fingerprint density at radius 2 is 2.29 bits per heavy atom. The van der Waals surface area contributed by atoms with E-state index in [-0.39, 0.29) is 0 Å². The van der Waals surface area contributed by atoms with E-state index in [9.17, 15) is 0 Å². The van der Waals surface area contributed by atoms with E-state index in [2.05, 4.69) is 12.2 Å². The van der Waals surface area contributed by atoms with Crippen LogP contribution in [-0.4, -0.2) is 33.0 Å². The highest BCUT2D eigenvalue weighted by Gasteiger charge is 2.15. The molecule has 0 radical (unpaired) electrons. The predicted molar refractivity (Wildman–Crippen MR) is 84.1 cm³/mol. The number of methoxy groups -OCH3 is 1. The highest BCUT2D eigenvalue weighted by molar-refractivity contribution is 5.40. The van der Waals surface area contributed by atoms with E-state index >= 15 is 0 Å². The van der Waals surface area contributed by atoms with Gasteiger partial charge in [-0.3, -0.25) is 0 Å². The van der Waals surface area contributed by atoms with E-state index < -0.39 is 0 Å². The van der Waals surface area contributed by atoms with Gasteiger partial charge in [-0.1, -0.05) is 6.92 Å². The maximum atomic E-state index is 5.95. The largest absolute Gasteiger partial charge is 0.497 e. The number of ether oxygens (including phenoxy) is 3. The number of hydrogen-bond acceptors (Lipinski definition) is 4. The zero-order chi connectivity index (χ0) is 14.9. The first kappa shape index (κ1) is 16.1. The normalized spacial score (nSPS) is 17.9. The van der Waals surface area contributed by atoms with Crippen molar-refractivity contribution >= 4 is 0 Å². The third kappa shape index (κ3) is 5.21. The van der Waals surface area contributed by atoms with Crippen LogP contribution in [0.25, 0.3) is 0 Å². The Labute approximate surface area is 127 Å². The molecule has 0 spiro atoms. The molecule has 1 saturated heterocycles. The molecule has 4 nitrogen and oxygen atoms in total. The molecule has 118 valence electrons. The molecule has 1 fully saturated rings.